The Morgan fingerprint density at radius 2 is 1.93 bits per heavy atom. The zero-order valence-corrected chi connectivity index (χ0v) is 9.10. The maximum Gasteiger partial charge on any atom is 0.226 e. The van der Waals surface area contributed by atoms with Crippen molar-refractivity contribution in [1.29, 1.82) is 0 Å². The molecular weight excluding hydrogens is 190 g/mol. The van der Waals surface area contributed by atoms with Gasteiger partial charge in [0.25, 0.3) is 0 Å². The molecule has 15 heavy (non-hydrogen) atoms. The molecule has 1 aromatic rings. The Morgan fingerprint density at radius 1 is 1.33 bits per heavy atom. The van der Waals surface area contributed by atoms with Crippen LogP contribution < -0.4 is 5.32 Å². The van der Waals surface area contributed by atoms with Crippen LogP contribution in [-0.2, 0) is 4.79 Å². The summed E-state index contributed by atoms with van der Waals surface area (Å²) in [6, 6.07) is 9.24. The fourth-order valence-corrected chi connectivity index (χ4v) is 1.16. The van der Waals surface area contributed by atoms with Crippen LogP contribution in [0.3, 0.4) is 0 Å². The summed E-state index contributed by atoms with van der Waals surface area (Å²) in [5, 5.41) is 12.2. The minimum absolute atomic E-state index is 0.103. The molecule has 0 aromatic heterocycles. The Morgan fingerprint density at radius 3 is 2.47 bits per heavy atom. The molecule has 0 spiro atoms. The number of hydrogen-bond acceptors (Lipinski definition) is 2. The summed E-state index contributed by atoms with van der Waals surface area (Å²) in [5.74, 6) is -0.0473. The molecule has 1 amide bonds. The van der Waals surface area contributed by atoms with Gasteiger partial charge in [-0.1, -0.05) is 32.0 Å². The average molecular weight is 207 g/mol. The Hall–Kier alpha value is -1.35. The van der Waals surface area contributed by atoms with E-state index in [9.17, 15) is 9.90 Å². The topological polar surface area (TPSA) is 49.3 Å². The highest BCUT2D eigenvalue weighted by Gasteiger charge is 2.13. The van der Waals surface area contributed by atoms with Crippen LogP contribution in [0.5, 0.6) is 0 Å². The van der Waals surface area contributed by atoms with Crippen molar-refractivity contribution in [3.63, 3.8) is 0 Å². The lowest BCUT2D eigenvalue weighted by Gasteiger charge is -2.13. The molecule has 0 aliphatic rings. The van der Waals surface area contributed by atoms with Crippen molar-refractivity contribution in [1.82, 2.24) is 0 Å². The van der Waals surface area contributed by atoms with Gasteiger partial charge in [0.1, 0.15) is 0 Å². The molecular formula is C12H17NO2. The van der Waals surface area contributed by atoms with E-state index in [0.717, 1.165) is 5.69 Å². The van der Waals surface area contributed by atoms with Crippen LogP contribution in [0.2, 0.25) is 0 Å². The number of para-hydroxylation sites is 1. The number of benzene rings is 1. The van der Waals surface area contributed by atoms with Crippen molar-refractivity contribution in [2.45, 2.75) is 26.4 Å². The molecule has 1 rings (SSSR count). The molecule has 3 nitrogen and oxygen atoms in total. The minimum atomic E-state index is -0.575. The first-order chi connectivity index (χ1) is 7.09. The lowest BCUT2D eigenvalue weighted by atomic mass is 10.0. The van der Waals surface area contributed by atoms with Gasteiger partial charge in [-0.25, -0.2) is 0 Å². The fourth-order valence-electron chi connectivity index (χ4n) is 1.16. The van der Waals surface area contributed by atoms with Crippen molar-refractivity contribution in [2.24, 2.45) is 5.92 Å². The van der Waals surface area contributed by atoms with Crippen LogP contribution in [0.4, 0.5) is 5.69 Å². The van der Waals surface area contributed by atoms with Crippen LogP contribution in [0, 0.1) is 5.92 Å². The van der Waals surface area contributed by atoms with Gasteiger partial charge in [-0.15, -0.1) is 0 Å². The maximum atomic E-state index is 11.5. The van der Waals surface area contributed by atoms with E-state index < -0.39 is 6.10 Å². The van der Waals surface area contributed by atoms with E-state index in [-0.39, 0.29) is 18.2 Å². The summed E-state index contributed by atoms with van der Waals surface area (Å²) in [6.07, 6.45) is -0.430. The van der Waals surface area contributed by atoms with Crippen LogP contribution in [0.25, 0.3) is 0 Å². The number of nitrogens with one attached hydrogen (secondary N) is 1. The van der Waals surface area contributed by atoms with Crippen molar-refractivity contribution >= 4 is 11.6 Å². The third-order valence-electron chi connectivity index (χ3n) is 2.22. The molecule has 0 aliphatic heterocycles. The van der Waals surface area contributed by atoms with Crippen molar-refractivity contribution in [3.8, 4) is 0 Å². The molecule has 0 radical (unpaired) electrons. The van der Waals surface area contributed by atoms with Gasteiger partial charge in [-0.2, -0.15) is 0 Å². The maximum absolute atomic E-state index is 11.5. The van der Waals surface area contributed by atoms with Crippen LogP contribution >= 0.6 is 0 Å². The monoisotopic (exact) mass is 207 g/mol. The SMILES string of the molecule is CC(C)[C@@H](O)CC(=O)Nc1ccccc1. The van der Waals surface area contributed by atoms with Crippen LogP contribution in [0.15, 0.2) is 30.3 Å². The molecule has 1 aromatic carbocycles. The third kappa shape index (κ3) is 4.13. The predicted molar refractivity (Wildman–Crippen MR) is 60.5 cm³/mol. The molecule has 2 N–H and O–H groups in total. The van der Waals surface area contributed by atoms with Crippen molar-refractivity contribution < 1.29 is 9.90 Å². The fraction of sp³-hybridized carbons (Fsp3) is 0.417. The molecule has 0 aliphatic carbocycles. The van der Waals surface area contributed by atoms with Gasteiger partial charge in [0.2, 0.25) is 5.91 Å². The first kappa shape index (κ1) is 11.7. The highest BCUT2D eigenvalue weighted by molar-refractivity contribution is 5.90. The summed E-state index contributed by atoms with van der Waals surface area (Å²) in [4.78, 5) is 11.5. The standard InChI is InChI=1S/C12H17NO2/c1-9(2)11(14)8-12(15)13-10-6-4-3-5-7-10/h3-7,9,11,14H,8H2,1-2H3,(H,13,15)/t11-/m0/s1. The van der Waals surface area contributed by atoms with E-state index in [1.807, 2.05) is 44.2 Å². The Bertz CT molecular complexity index is 309. The molecule has 0 fully saturated rings. The average Bonchev–Trinajstić information content (AvgIpc) is 2.18. The highest BCUT2D eigenvalue weighted by Crippen LogP contribution is 2.09. The van der Waals surface area contributed by atoms with Gasteiger partial charge in [-0.05, 0) is 18.1 Å². The lowest BCUT2D eigenvalue weighted by Crippen LogP contribution is -2.23. The molecule has 0 heterocycles. The smallest absolute Gasteiger partial charge is 0.226 e. The first-order valence-corrected chi connectivity index (χ1v) is 5.12. The summed E-state index contributed by atoms with van der Waals surface area (Å²) in [7, 11) is 0. The van der Waals surface area contributed by atoms with E-state index >= 15 is 0 Å². The van der Waals surface area contributed by atoms with Gasteiger partial charge in [0.15, 0.2) is 0 Å². The first-order valence-electron chi connectivity index (χ1n) is 5.12. The largest absolute Gasteiger partial charge is 0.392 e. The molecule has 3 heteroatoms. The quantitative estimate of drug-likeness (QED) is 0.793. The van der Waals surface area contributed by atoms with E-state index in [2.05, 4.69) is 5.32 Å². The van der Waals surface area contributed by atoms with E-state index in [1.165, 1.54) is 0 Å². The second kappa shape index (κ2) is 5.51. The molecule has 1 atom stereocenters. The molecule has 0 saturated heterocycles. The zero-order chi connectivity index (χ0) is 11.3. The van der Waals surface area contributed by atoms with E-state index in [0.29, 0.717) is 0 Å². The van der Waals surface area contributed by atoms with Gasteiger partial charge in [0.05, 0.1) is 12.5 Å². The lowest BCUT2D eigenvalue weighted by molar-refractivity contribution is -0.118. The summed E-state index contributed by atoms with van der Waals surface area (Å²) >= 11 is 0. The summed E-state index contributed by atoms with van der Waals surface area (Å²) in [6.45, 7) is 3.78. The van der Waals surface area contributed by atoms with Gasteiger partial charge in [-0.3, -0.25) is 4.79 Å². The molecule has 0 saturated carbocycles. The number of amides is 1. The second-order valence-electron chi connectivity index (χ2n) is 3.93. The number of carbonyl (C=O) groups is 1. The third-order valence-corrected chi connectivity index (χ3v) is 2.22. The number of aliphatic hydroxyl groups is 1. The minimum Gasteiger partial charge on any atom is -0.392 e. The van der Waals surface area contributed by atoms with Gasteiger partial charge < -0.3 is 10.4 Å². The van der Waals surface area contributed by atoms with E-state index in [1.54, 1.807) is 0 Å². The normalized spacial score (nSPS) is 12.5. The predicted octanol–water partition coefficient (Wildman–Crippen LogP) is 2.03. The number of anilines is 1. The van der Waals surface area contributed by atoms with E-state index in [4.69, 9.17) is 0 Å². The molecule has 0 unspecified atom stereocenters. The Labute approximate surface area is 90.1 Å². The number of rotatable bonds is 4. The zero-order valence-electron chi connectivity index (χ0n) is 9.10. The summed E-state index contributed by atoms with van der Waals surface area (Å²) < 4.78 is 0. The van der Waals surface area contributed by atoms with Gasteiger partial charge in [0, 0.05) is 5.69 Å². The molecule has 0 bridgehead atoms. The number of carbonyl (C=O) groups excluding carboxylic acids is 1. The van der Waals surface area contributed by atoms with Crippen LogP contribution in [-0.4, -0.2) is 17.1 Å². The molecule has 82 valence electrons. The van der Waals surface area contributed by atoms with Crippen molar-refractivity contribution in [2.75, 3.05) is 5.32 Å². The van der Waals surface area contributed by atoms with Gasteiger partial charge >= 0.3 is 0 Å². The Balaban J connectivity index is 2.43. The van der Waals surface area contributed by atoms with Crippen molar-refractivity contribution in [3.05, 3.63) is 30.3 Å². The van der Waals surface area contributed by atoms with Crippen LogP contribution in [0.1, 0.15) is 20.3 Å². The highest BCUT2D eigenvalue weighted by atomic mass is 16.3. The Kier molecular flexibility index (Phi) is 4.31. The summed E-state index contributed by atoms with van der Waals surface area (Å²) in [5.41, 5.74) is 0.762. The number of hydrogen-bond donors (Lipinski definition) is 2. The second-order valence-corrected chi connectivity index (χ2v) is 3.93. The number of aliphatic hydroxyl groups excluding tert-OH is 1.